The van der Waals surface area contributed by atoms with E-state index in [1.54, 1.807) is 0 Å². The van der Waals surface area contributed by atoms with Gasteiger partial charge in [-0.3, -0.25) is 4.68 Å². The summed E-state index contributed by atoms with van der Waals surface area (Å²) < 4.78 is 4.23. The van der Waals surface area contributed by atoms with Crippen molar-refractivity contribution in [2.24, 2.45) is 18.2 Å². The summed E-state index contributed by atoms with van der Waals surface area (Å²) in [5.41, 5.74) is 10.5. The number of aromatic nitrogens is 3. The molecule has 20 heavy (non-hydrogen) atoms. The molecule has 0 fully saturated rings. The molecule has 0 bridgehead atoms. The summed E-state index contributed by atoms with van der Waals surface area (Å²) in [6, 6.07) is 4.48. The van der Waals surface area contributed by atoms with Gasteiger partial charge in [-0.2, -0.15) is 5.10 Å². The smallest absolute Gasteiger partial charge is 0.0642 e. The maximum Gasteiger partial charge on any atom is 0.0642 e. The summed E-state index contributed by atoms with van der Waals surface area (Å²) >= 11 is 0. The lowest BCUT2D eigenvalue weighted by Crippen LogP contribution is -2.30. The third kappa shape index (κ3) is 2.52. The molecule has 4 nitrogen and oxygen atoms in total. The molecule has 0 saturated carbocycles. The molecule has 1 aliphatic carbocycles. The predicted octanol–water partition coefficient (Wildman–Crippen LogP) is 2.44. The van der Waals surface area contributed by atoms with E-state index in [9.17, 15) is 0 Å². The van der Waals surface area contributed by atoms with Gasteiger partial charge in [0.2, 0.25) is 0 Å². The fraction of sp³-hybridized carbons (Fsp3) is 0.562. The zero-order chi connectivity index (χ0) is 14.3. The van der Waals surface area contributed by atoms with Crippen molar-refractivity contribution in [2.45, 2.75) is 45.7 Å². The van der Waals surface area contributed by atoms with E-state index in [1.807, 2.05) is 17.9 Å². The molecular weight excluding hydrogens is 248 g/mol. The molecule has 0 aliphatic heterocycles. The van der Waals surface area contributed by atoms with Gasteiger partial charge in [0.15, 0.2) is 0 Å². The molecule has 1 aliphatic rings. The Kier molecular flexibility index (Phi) is 3.21. The molecule has 1 unspecified atom stereocenters. The second kappa shape index (κ2) is 4.77. The molecule has 2 N–H and O–H groups in total. The fourth-order valence-corrected chi connectivity index (χ4v) is 3.34. The predicted molar refractivity (Wildman–Crippen MR) is 80.4 cm³/mol. The van der Waals surface area contributed by atoms with Gasteiger partial charge in [0.25, 0.3) is 0 Å². The molecule has 3 rings (SSSR count). The third-order valence-electron chi connectivity index (χ3n) is 4.31. The molecule has 0 spiro atoms. The minimum atomic E-state index is 0.185. The molecule has 2 heterocycles. The lowest BCUT2D eigenvalue weighted by Gasteiger charge is -2.34. The van der Waals surface area contributed by atoms with Crippen LogP contribution in [0.25, 0.3) is 0 Å². The van der Waals surface area contributed by atoms with Crippen LogP contribution in [-0.2, 0) is 26.4 Å². The van der Waals surface area contributed by atoms with Gasteiger partial charge >= 0.3 is 0 Å². The van der Waals surface area contributed by atoms with Crippen molar-refractivity contribution in [2.75, 3.05) is 0 Å². The number of fused-ring (bicyclic) bond motifs is 1. The van der Waals surface area contributed by atoms with Crippen LogP contribution in [0.1, 0.15) is 43.3 Å². The fourth-order valence-electron chi connectivity index (χ4n) is 3.34. The van der Waals surface area contributed by atoms with Crippen LogP contribution in [-0.4, -0.2) is 14.3 Å². The van der Waals surface area contributed by atoms with Crippen LogP contribution in [0.2, 0.25) is 0 Å². The summed E-state index contributed by atoms with van der Waals surface area (Å²) in [7, 11) is 1.96. The van der Waals surface area contributed by atoms with Crippen LogP contribution in [0.5, 0.6) is 0 Å². The van der Waals surface area contributed by atoms with Crippen molar-refractivity contribution in [3.05, 3.63) is 41.5 Å². The van der Waals surface area contributed by atoms with Gasteiger partial charge < -0.3 is 10.3 Å². The monoisotopic (exact) mass is 272 g/mol. The maximum absolute atomic E-state index is 6.32. The van der Waals surface area contributed by atoms with E-state index in [0.717, 1.165) is 31.5 Å². The van der Waals surface area contributed by atoms with Crippen LogP contribution in [0, 0.1) is 5.41 Å². The first-order valence-corrected chi connectivity index (χ1v) is 7.37. The molecule has 0 aromatic carbocycles. The van der Waals surface area contributed by atoms with E-state index < -0.39 is 0 Å². The van der Waals surface area contributed by atoms with Gasteiger partial charge in [-0.05, 0) is 36.0 Å². The number of hydrogen-bond donors (Lipinski definition) is 1. The van der Waals surface area contributed by atoms with Crippen LogP contribution in [0.4, 0.5) is 0 Å². The molecule has 2 aromatic heterocycles. The largest absolute Gasteiger partial charge is 0.351 e. The average molecular weight is 272 g/mol. The van der Waals surface area contributed by atoms with Gasteiger partial charge in [0, 0.05) is 44.1 Å². The number of nitrogens with two attached hydrogens (primary N) is 1. The summed E-state index contributed by atoms with van der Waals surface area (Å²) in [4.78, 5) is 0. The lowest BCUT2D eigenvalue weighted by atomic mass is 9.74. The number of nitrogens with zero attached hydrogens (tertiary/aromatic N) is 3. The Morgan fingerprint density at radius 3 is 2.85 bits per heavy atom. The standard InChI is InChI=1S/C16H24N4/c1-16(2)10-14(17)13-6-9-20(15(13)11-16)8-5-12-4-7-19(3)18-12/h4,6-7,9,14H,5,8,10-11,17H2,1-3H3. The number of rotatable bonds is 3. The highest BCUT2D eigenvalue weighted by atomic mass is 15.2. The zero-order valence-corrected chi connectivity index (χ0v) is 12.6. The SMILES string of the molecule is Cn1ccc(CCn2ccc3c2CC(C)(C)CC3N)n1. The van der Waals surface area contributed by atoms with Crippen LogP contribution in [0.3, 0.4) is 0 Å². The van der Waals surface area contributed by atoms with E-state index in [0.29, 0.717) is 5.41 Å². The van der Waals surface area contributed by atoms with Crippen molar-refractivity contribution in [3.63, 3.8) is 0 Å². The Bertz CT molecular complexity index is 606. The van der Waals surface area contributed by atoms with Crippen molar-refractivity contribution in [1.29, 1.82) is 0 Å². The van der Waals surface area contributed by atoms with Crippen molar-refractivity contribution >= 4 is 0 Å². The highest BCUT2D eigenvalue weighted by Crippen LogP contribution is 2.39. The first-order chi connectivity index (χ1) is 9.44. The van der Waals surface area contributed by atoms with Crippen LogP contribution < -0.4 is 5.73 Å². The zero-order valence-electron chi connectivity index (χ0n) is 12.6. The minimum Gasteiger partial charge on any atom is -0.351 e. The Morgan fingerprint density at radius 2 is 2.15 bits per heavy atom. The molecular formula is C16H24N4. The Morgan fingerprint density at radius 1 is 1.35 bits per heavy atom. The highest BCUT2D eigenvalue weighted by molar-refractivity contribution is 5.30. The van der Waals surface area contributed by atoms with E-state index in [2.05, 4.69) is 41.8 Å². The topological polar surface area (TPSA) is 48.8 Å². The summed E-state index contributed by atoms with van der Waals surface area (Å²) in [5, 5.41) is 4.44. The molecule has 0 saturated heterocycles. The molecule has 0 amide bonds. The van der Waals surface area contributed by atoms with Gasteiger partial charge in [-0.25, -0.2) is 0 Å². The quantitative estimate of drug-likeness (QED) is 0.933. The Hall–Kier alpha value is -1.55. The first kappa shape index (κ1) is 13.4. The minimum absolute atomic E-state index is 0.185. The van der Waals surface area contributed by atoms with Crippen LogP contribution >= 0.6 is 0 Å². The summed E-state index contributed by atoms with van der Waals surface area (Å²) in [5.74, 6) is 0. The van der Waals surface area contributed by atoms with Crippen molar-refractivity contribution < 1.29 is 0 Å². The van der Waals surface area contributed by atoms with Gasteiger partial charge in [-0.1, -0.05) is 13.8 Å². The first-order valence-electron chi connectivity index (χ1n) is 7.37. The van der Waals surface area contributed by atoms with Crippen LogP contribution in [0.15, 0.2) is 24.5 Å². The number of aryl methyl sites for hydroxylation is 3. The van der Waals surface area contributed by atoms with E-state index >= 15 is 0 Å². The normalized spacial score (nSPS) is 20.9. The maximum atomic E-state index is 6.32. The van der Waals surface area contributed by atoms with Gasteiger partial charge in [-0.15, -0.1) is 0 Å². The molecule has 4 heteroatoms. The summed E-state index contributed by atoms with van der Waals surface area (Å²) in [6.45, 7) is 5.60. The molecule has 1 atom stereocenters. The second-order valence-corrected chi connectivity index (χ2v) is 6.79. The average Bonchev–Trinajstić information content (AvgIpc) is 2.92. The Labute approximate surface area is 120 Å². The van der Waals surface area contributed by atoms with E-state index in [1.165, 1.54) is 11.3 Å². The highest BCUT2D eigenvalue weighted by Gasteiger charge is 2.32. The Balaban J connectivity index is 1.78. The van der Waals surface area contributed by atoms with E-state index in [-0.39, 0.29) is 6.04 Å². The lowest BCUT2D eigenvalue weighted by molar-refractivity contribution is 0.275. The number of hydrogen-bond acceptors (Lipinski definition) is 2. The second-order valence-electron chi connectivity index (χ2n) is 6.79. The summed E-state index contributed by atoms with van der Waals surface area (Å²) in [6.07, 6.45) is 7.35. The van der Waals surface area contributed by atoms with E-state index in [4.69, 9.17) is 5.73 Å². The van der Waals surface area contributed by atoms with Crippen molar-refractivity contribution in [3.8, 4) is 0 Å². The molecule has 0 radical (unpaired) electrons. The molecule has 2 aromatic rings. The third-order valence-corrected chi connectivity index (χ3v) is 4.31. The van der Waals surface area contributed by atoms with Gasteiger partial charge in [0.1, 0.15) is 0 Å². The molecule has 108 valence electrons. The van der Waals surface area contributed by atoms with Crippen molar-refractivity contribution in [1.82, 2.24) is 14.3 Å². The van der Waals surface area contributed by atoms with Gasteiger partial charge in [0.05, 0.1) is 5.69 Å².